The lowest BCUT2D eigenvalue weighted by molar-refractivity contribution is -0.117. The number of carbonyl (C=O) groups excluding carboxylic acids is 1. The summed E-state index contributed by atoms with van der Waals surface area (Å²) in [7, 11) is 0. The van der Waals surface area contributed by atoms with Gasteiger partial charge >= 0.3 is 0 Å². The number of nitrogens with two attached hydrogens (primary N) is 1. The molecule has 1 amide bonds. The number of carbonyl (C=O) groups is 1. The average molecular weight is 245 g/mol. The second-order valence-electron chi connectivity index (χ2n) is 1.48. The molecule has 2 nitrogen and oxygen atoms in total. The monoisotopic (exact) mass is 243 g/mol. The molecule has 4 heteroatoms. The van der Waals surface area contributed by atoms with E-state index >= 15 is 0 Å². The molecule has 0 aromatic rings. The fraction of sp³-hybridized carbons (Fsp3) is 0.750. The van der Waals surface area contributed by atoms with Crippen molar-refractivity contribution >= 4 is 37.8 Å². The standard InChI is InChI=1S/C4H7Br2NO/c1-2(5)3(6)4(7)8/h2-3H,1H3,(H2,7,8). The quantitative estimate of drug-likeness (QED) is 0.725. The zero-order chi connectivity index (χ0) is 6.73. The summed E-state index contributed by atoms with van der Waals surface area (Å²) in [6.07, 6.45) is 0. The lowest BCUT2D eigenvalue weighted by Gasteiger charge is -2.05. The molecule has 48 valence electrons. The molecule has 2 N–H and O–H groups in total. The van der Waals surface area contributed by atoms with Gasteiger partial charge in [0.1, 0.15) is 4.83 Å². The minimum atomic E-state index is -0.339. The van der Waals surface area contributed by atoms with Gasteiger partial charge in [0.25, 0.3) is 0 Å². The third-order valence-electron chi connectivity index (χ3n) is 0.675. The summed E-state index contributed by atoms with van der Waals surface area (Å²) < 4.78 is 0. The van der Waals surface area contributed by atoms with Crippen LogP contribution in [-0.2, 0) is 4.79 Å². The molecule has 0 aliphatic heterocycles. The molecule has 0 radical (unpaired) electrons. The van der Waals surface area contributed by atoms with Crippen molar-refractivity contribution in [1.82, 2.24) is 0 Å². The van der Waals surface area contributed by atoms with E-state index in [1.54, 1.807) is 0 Å². The Morgan fingerprint density at radius 1 is 1.62 bits per heavy atom. The highest BCUT2D eigenvalue weighted by molar-refractivity contribution is 9.12. The molecule has 0 aromatic heterocycles. The lowest BCUT2D eigenvalue weighted by Crippen LogP contribution is -2.28. The highest BCUT2D eigenvalue weighted by atomic mass is 79.9. The second-order valence-corrected chi connectivity index (χ2v) is 3.91. The van der Waals surface area contributed by atoms with Crippen molar-refractivity contribution in [3.8, 4) is 0 Å². The molecule has 0 fully saturated rings. The van der Waals surface area contributed by atoms with E-state index < -0.39 is 0 Å². The van der Waals surface area contributed by atoms with Gasteiger partial charge in [-0.1, -0.05) is 38.8 Å². The van der Waals surface area contributed by atoms with E-state index in [2.05, 4.69) is 31.9 Å². The van der Waals surface area contributed by atoms with E-state index in [1.807, 2.05) is 6.92 Å². The Labute approximate surface area is 65.1 Å². The zero-order valence-corrected chi connectivity index (χ0v) is 7.57. The van der Waals surface area contributed by atoms with Gasteiger partial charge < -0.3 is 5.73 Å². The Kier molecular flexibility index (Phi) is 3.64. The van der Waals surface area contributed by atoms with Crippen LogP contribution < -0.4 is 5.73 Å². The summed E-state index contributed by atoms with van der Waals surface area (Å²) in [5.74, 6) is -0.339. The fourth-order valence-corrected chi connectivity index (χ4v) is 0.487. The van der Waals surface area contributed by atoms with Crippen molar-refractivity contribution in [2.24, 2.45) is 5.73 Å². The van der Waals surface area contributed by atoms with Crippen LogP contribution in [0.2, 0.25) is 0 Å². The maximum absolute atomic E-state index is 10.3. The van der Waals surface area contributed by atoms with E-state index in [0.29, 0.717) is 0 Å². The number of hydrogen-bond donors (Lipinski definition) is 1. The van der Waals surface area contributed by atoms with Crippen molar-refractivity contribution in [2.75, 3.05) is 0 Å². The number of halogens is 2. The molecule has 0 spiro atoms. The second kappa shape index (κ2) is 3.45. The van der Waals surface area contributed by atoms with Crippen LogP contribution in [-0.4, -0.2) is 15.6 Å². The van der Waals surface area contributed by atoms with Crippen LogP contribution in [0.15, 0.2) is 0 Å². The summed E-state index contributed by atoms with van der Waals surface area (Å²) >= 11 is 6.28. The van der Waals surface area contributed by atoms with Gasteiger partial charge in [-0.25, -0.2) is 0 Å². The van der Waals surface area contributed by atoms with E-state index in [9.17, 15) is 4.79 Å². The first-order valence-corrected chi connectivity index (χ1v) is 3.96. The van der Waals surface area contributed by atoms with E-state index in [4.69, 9.17) is 5.73 Å². The Bertz CT molecular complexity index is 94.0. The first-order chi connectivity index (χ1) is 3.55. The molecule has 0 aliphatic rings. The van der Waals surface area contributed by atoms with Crippen molar-refractivity contribution in [2.45, 2.75) is 16.6 Å². The first kappa shape index (κ1) is 8.43. The van der Waals surface area contributed by atoms with Crippen molar-refractivity contribution < 1.29 is 4.79 Å². The first-order valence-electron chi connectivity index (χ1n) is 2.13. The number of rotatable bonds is 2. The van der Waals surface area contributed by atoms with Crippen molar-refractivity contribution in [1.29, 1.82) is 0 Å². The van der Waals surface area contributed by atoms with Gasteiger partial charge in [-0.05, 0) is 0 Å². The third-order valence-corrected chi connectivity index (χ3v) is 3.16. The average Bonchev–Trinajstić information content (AvgIpc) is 1.64. The van der Waals surface area contributed by atoms with Crippen molar-refractivity contribution in [3.63, 3.8) is 0 Å². The highest BCUT2D eigenvalue weighted by Gasteiger charge is 2.15. The van der Waals surface area contributed by atoms with Crippen LogP contribution in [0.5, 0.6) is 0 Å². The highest BCUT2D eigenvalue weighted by Crippen LogP contribution is 2.11. The maximum atomic E-state index is 10.3. The predicted octanol–water partition coefficient (Wildman–Crippen LogP) is 1.02. The predicted molar refractivity (Wildman–Crippen MR) is 40.3 cm³/mol. The van der Waals surface area contributed by atoms with Crippen LogP contribution in [0.25, 0.3) is 0 Å². The Balaban J connectivity index is 3.64. The SMILES string of the molecule is CC(Br)C(Br)C(N)=O. The number of alkyl halides is 2. The molecule has 0 heterocycles. The molecule has 0 aliphatic carbocycles. The Hall–Kier alpha value is 0.430. The minimum Gasteiger partial charge on any atom is -0.369 e. The van der Waals surface area contributed by atoms with Gasteiger partial charge in [0.15, 0.2) is 0 Å². The largest absolute Gasteiger partial charge is 0.369 e. The van der Waals surface area contributed by atoms with Crippen LogP contribution in [0.4, 0.5) is 0 Å². The Morgan fingerprint density at radius 3 is 2.00 bits per heavy atom. The molecule has 0 aromatic carbocycles. The topological polar surface area (TPSA) is 43.1 Å². The number of amides is 1. The molecular formula is C4H7Br2NO. The Morgan fingerprint density at radius 2 is 2.00 bits per heavy atom. The van der Waals surface area contributed by atoms with Crippen LogP contribution >= 0.6 is 31.9 Å². The van der Waals surface area contributed by atoms with Gasteiger partial charge in [-0.2, -0.15) is 0 Å². The molecule has 2 unspecified atom stereocenters. The maximum Gasteiger partial charge on any atom is 0.232 e. The van der Waals surface area contributed by atoms with Crippen LogP contribution in [0, 0.1) is 0 Å². The molecule has 0 saturated heterocycles. The van der Waals surface area contributed by atoms with Gasteiger partial charge in [0.2, 0.25) is 5.91 Å². The van der Waals surface area contributed by atoms with Gasteiger partial charge in [0.05, 0.1) is 0 Å². The van der Waals surface area contributed by atoms with Crippen LogP contribution in [0.1, 0.15) is 6.92 Å². The summed E-state index contributed by atoms with van der Waals surface area (Å²) in [6, 6.07) is 0. The van der Waals surface area contributed by atoms with Gasteiger partial charge in [-0.3, -0.25) is 4.79 Å². The van der Waals surface area contributed by atoms with Gasteiger partial charge in [-0.15, -0.1) is 0 Å². The van der Waals surface area contributed by atoms with Crippen LogP contribution in [0.3, 0.4) is 0 Å². The van der Waals surface area contributed by atoms with Crippen molar-refractivity contribution in [3.05, 3.63) is 0 Å². The summed E-state index contributed by atoms with van der Waals surface area (Å²) in [6.45, 7) is 1.85. The molecular weight excluding hydrogens is 238 g/mol. The fourth-order valence-electron chi connectivity index (χ4n) is 0.226. The minimum absolute atomic E-state index is 0.0972. The van der Waals surface area contributed by atoms with E-state index in [-0.39, 0.29) is 15.6 Å². The molecule has 2 atom stereocenters. The molecule has 0 bridgehead atoms. The smallest absolute Gasteiger partial charge is 0.232 e. The summed E-state index contributed by atoms with van der Waals surface area (Å²) in [5, 5.41) is 0. The summed E-state index contributed by atoms with van der Waals surface area (Å²) in [5.41, 5.74) is 4.92. The zero-order valence-electron chi connectivity index (χ0n) is 4.40. The van der Waals surface area contributed by atoms with E-state index in [1.165, 1.54) is 0 Å². The normalized spacial score (nSPS) is 17.4. The molecule has 0 rings (SSSR count). The molecule has 8 heavy (non-hydrogen) atoms. The van der Waals surface area contributed by atoms with Gasteiger partial charge in [0, 0.05) is 4.83 Å². The number of hydrogen-bond acceptors (Lipinski definition) is 1. The molecule has 0 saturated carbocycles. The lowest BCUT2D eigenvalue weighted by atomic mass is 10.3. The third kappa shape index (κ3) is 2.67. The summed E-state index contributed by atoms with van der Waals surface area (Å²) in [4.78, 5) is 10.1. The number of primary amides is 1. The van der Waals surface area contributed by atoms with E-state index in [0.717, 1.165) is 0 Å².